The maximum absolute atomic E-state index is 13.7. The van der Waals surface area contributed by atoms with Gasteiger partial charge >= 0.3 is 0 Å². The summed E-state index contributed by atoms with van der Waals surface area (Å²) in [5, 5.41) is 2.95. The molecule has 1 atom stereocenters. The Morgan fingerprint density at radius 1 is 0.971 bits per heavy atom. The molecule has 1 N–H and O–H groups in total. The summed E-state index contributed by atoms with van der Waals surface area (Å²) in [7, 11) is -4.03. The SMILES string of the molecule is CCOc1ccccc1N(CC(=O)N[C@@H](C)c1ccc(C)cc1C)S(=O)(=O)c1ccc(C)cc1. The summed E-state index contributed by atoms with van der Waals surface area (Å²) in [5.41, 5.74) is 4.46. The number of hydrogen-bond acceptors (Lipinski definition) is 4. The number of aryl methyl sites for hydroxylation is 3. The van der Waals surface area contributed by atoms with Crippen molar-refractivity contribution in [2.24, 2.45) is 0 Å². The van der Waals surface area contributed by atoms with Crippen molar-refractivity contribution < 1.29 is 17.9 Å². The fraction of sp³-hybridized carbons (Fsp3) is 0.296. The van der Waals surface area contributed by atoms with Crippen LogP contribution in [0, 0.1) is 20.8 Å². The van der Waals surface area contributed by atoms with Crippen molar-refractivity contribution in [3.8, 4) is 5.75 Å². The van der Waals surface area contributed by atoms with Crippen molar-refractivity contribution in [2.75, 3.05) is 17.5 Å². The van der Waals surface area contributed by atoms with Crippen LogP contribution >= 0.6 is 0 Å². The molecule has 3 rings (SSSR count). The molecular weight excluding hydrogens is 448 g/mol. The Morgan fingerprint density at radius 3 is 2.26 bits per heavy atom. The number of amides is 1. The smallest absolute Gasteiger partial charge is 0.264 e. The van der Waals surface area contributed by atoms with Crippen molar-refractivity contribution in [3.63, 3.8) is 0 Å². The number of carbonyl (C=O) groups excluding carboxylic acids is 1. The predicted octanol–water partition coefficient (Wildman–Crippen LogP) is 5.08. The first kappa shape index (κ1) is 25.3. The molecule has 0 saturated heterocycles. The number of benzene rings is 3. The molecule has 6 nitrogen and oxygen atoms in total. The van der Waals surface area contributed by atoms with E-state index in [9.17, 15) is 13.2 Å². The second-order valence-electron chi connectivity index (χ2n) is 8.37. The summed E-state index contributed by atoms with van der Waals surface area (Å²) in [5.74, 6) is -0.00891. The van der Waals surface area contributed by atoms with E-state index in [1.54, 1.807) is 48.5 Å². The lowest BCUT2D eigenvalue weighted by atomic mass is 10.0. The fourth-order valence-electron chi connectivity index (χ4n) is 3.88. The van der Waals surface area contributed by atoms with E-state index >= 15 is 0 Å². The molecule has 0 radical (unpaired) electrons. The predicted molar refractivity (Wildman–Crippen MR) is 136 cm³/mol. The van der Waals surface area contributed by atoms with Crippen LogP contribution in [-0.4, -0.2) is 27.5 Å². The molecule has 0 spiro atoms. The summed E-state index contributed by atoms with van der Waals surface area (Å²) < 4.78 is 34.2. The Balaban J connectivity index is 1.95. The molecule has 3 aromatic rings. The number of nitrogens with zero attached hydrogens (tertiary/aromatic N) is 1. The highest BCUT2D eigenvalue weighted by Gasteiger charge is 2.30. The normalized spacial score (nSPS) is 12.1. The Morgan fingerprint density at radius 2 is 1.62 bits per heavy atom. The third-order valence-corrected chi connectivity index (χ3v) is 7.37. The molecule has 0 aliphatic heterocycles. The van der Waals surface area contributed by atoms with Gasteiger partial charge in [-0.05, 0) is 70.0 Å². The number of ether oxygens (including phenoxy) is 1. The number of sulfonamides is 1. The zero-order valence-electron chi connectivity index (χ0n) is 20.3. The highest BCUT2D eigenvalue weighted by Crippen LogP contribution is 2.32. The molecule has 34 heavy (non-hydrogen) atoms. The van der Waals surface area contributed by atoms with Gasteiger partial charge < -0.3 is 10.1 Å². The quantitative estimate of drug-likeness (QED) is 0.463. The lowest BCUT2D eigenvalue weighted by Crippen LogP contribution is -2.41. The standard InChI is InChI=1S/C27H32N2O4S/c1-6-33-26-10-8-7-9-25(26)29(34(31,32)23-14-11-19(2)12-15-23)18-27(30)28-22(5)24-16-13-20(3)17-21(24)4/h7-17,22H,6,18H2,1-5H3,(H,28,30)/t22-/m0/s1. The fourth-order valence-corrected chi connectivity index (χ4v) is 5.32. The van der Waals surface area contributed by atoms with Gasteiger partial charge in [0.1, 0.15) is 12.3 Å². The van der Waals surface area contributed by atoms with E-state index in [0.29, 0.717) is 18.0 Å². The van der Waals surface area contributed by atoms with Gasteiger partial charge in [-0.25, -0.2) is 8.42 Å². The monoisotopic (exact) mass is 480 g/mol. The largest absolute Gasteiger partial charge is 0.492 e. The third-order valence-electron chi connectivity index (χ3n) is 5.60. The Labute approximate surface area is 202 Å². The molecular formula is C27H32N2O4S. The number of rotatable bonds is 9. The zero-order valence-corrected chi connectivity index (χ0v) is 21.1. The molecule has 3 aromatic carbocycles. The summed E-state index contributed by atoms with van der Waals surface area (Å²) in [6.45, 7) is 9.61. The topological polar surface area (TPSA) is 75.7 Å². The molecule has 0 unspecified atom stereocenters. The van der Waals surface area contributed by atoms with Crippen LogP contribution in [0.25, 0.3) is 0 Å². The van der Waals surface area contributed by atoms with E-state index in [-0.39, 0.29) is 17.5 Å². The van der Waals surface area contributed by atoms with Gasteiger partial charge in [0, 0.05) is 0 Å². The Hall–Kier alpha value is -3.32. The van der Waals surface area contributed by atoms with Gasteiger partial charge in [0.05, 0.1) is 23.2 Å². The van der Waals surface area contributed by atoms with Crippen LogP contribution in [0.5, 0.6) is 5.75 Å². The first-order valence-corrected chi connectivity index (χ1v) is 12.7. The van der Waals surface area contributed by atoms with E-state index in [1.807, 2.05) is 46.8 Å². The van der Waals surface area contributed by atoms with Crippen molar-refractivity contribution in [1.29, 1.82) is 0 Å². The summed E-state index contributed by atoms with van der Waals surface area (Å²) in [4.78, 5) is 13.2. The van der Waals surface area contributed by atoms with Crippen LogP contribution in [0.2, 0.25) is 0 Å². The lowest BCUT2D eigenvalue weighted by molar-refractivity contribution is -0.120. The second-order valence-corrected chi connectivity index (χ2v) is 10.2. The average molecular weight is 481 g/mol. The van der Waals surface area contributed by atoms with Crippen LogP contribution in [-0.2, 0) is 14.8 Å². The minimum atomic E-state index is -4.03. The zero-order chi connectivity index (χ0) is 24.9. The number of carbonyl (C=O) groups is 1. The molecule has 0 bridgehead atoms. The van der Waals surface area contributed by atoms with Gasteiger partial charge in [0.15, 0.2) is 0 Å². The molecule has 0 aromatic heterocycles. The third kappa shape index (κ3) is 5.78. The van der Waals surface area contributed by atoms with E-state index in [4.69, 9.17) is 4.74 Å². The first-order valence-electron chi connectivity index (χ1n) is 11.3. The highest BCUT2D eigenvalue weighted by molar-refractivity contribution is 7.92. The van der Waals surface area contributed by atoms with Gasteiger partial charge in [0.2, 0.25) is 5.91 Å². The number of nitrogens with one attached hydrogen (secondary N) is 1. The van der Waals surface area contributed by atoms with Gasteiger partial charge in [0.25, 0.3) is 10.0 Å². The van der Waals surface area contributed by atoms with E-state index in [1.165, 1.54) is 0 Å². The molecule has 0 heterocycles. The summed E-state index contributed by atoms with van der Waals surface area (Å²) >= 11 is 0. The summed E-state index contributed by atoms with van der Waals surface area (Å²) in [6.07, 6.45) is 0. The molecule has 0 aliphatic rings. The lowest BCUT2D eigenvalue weighted by Gasteiger charge is -2.27. The van der Waals surface area contributed by atoms with Crippen LogP contribution in [0.3, 0.4) is 0 Å². The summed E-state index contributed by atoms with van der Waals surface area (Å²) in [6, 6.07) is 19.2. The number of hydrogen-bond donors (Lipinski definition) is 1. The van der Waals surface area contributed by atoms with Gasteiger partial charge in [-0.3, -0.25) is 9.10 Å². The number of anilines is 1. The van der Waals surface area contributed by atoms with Gasteiger partial charge in [-0.15, -0.1) is 0 Å². The molecule has 0 fully saturated rings. The Kier molecular flexibility index (Phi) is 7.99. The average Bonchev–Trinajstić information content (AvgIpc) is 2.78. The maximum Gasteiger partial charge on any atom is 0.264 e. The van der Waals surface area contributed by atoms with Crippen molar-refractivity contribution in [2.45, 2.75) is 45.6 Å². The maximum atomic E-state index is 13.7. The minimum absolute atomic E-state index is 0.111. The van der Waals surface area contributed by atoms with Crippen LogP contribution < -0.4 is 14.4 Å². The van der Waals surface area contributed by atoms with Crippen molar-refractivity contribution in [1.82, 2.24) is 5.32 Å². The van der Waals surface area contributed by atoms with Gasteiger partial charge in [-0.2, -0.15) is 0 Å². The molecule has 0 saturated carbocycles. The van der Waals surface area contributed by atoms with Gasteiger partial charge in [-0.1, -0.05) is 53.6 Å². The van der Waals surface area contributed by atoms with Crippen LogP contribution in [0.15, 0.2) is 71.6 Å². The second kappa shape index (κ2) is 10.7. The van der Waals surface area contributed by atoms with E-state index in [0.717, 1.165) is 26.6 Å². The Bertz CT molecular complexity index is 1250. The van der Waals surface area contributed by atoms with Crippen LogP contribution in [0.4, 0.5) is 5.69 Å². The molecule has 1 amide bonds. The minimum Gasteiger partial charge on any atom is -0.492 e. The number of para-hydroxylation sites is 2. The molecule has 180 valence electrons. The van der Waals surface area contributed by atoms with E-state index < -0.39 is 15.9 Å². The molecule has 7 heteroatoms. The van der Waals surface area contributed by atoms with E-state index in [2.05, 4.69) is 11.4 Å². The van der Waals surface area contributed by atoms with Crippen molar-refractivity contribution in [3.05, 3.63) is 89.0 Å². The highest BCUT2D eigenvalue weighted by atomic mass is 32.2. The van der Waals surface area contributed by atoms with Crippen molar-refractivity contribution >= 4 is 21.6 Å². The molecule has 0 aliphatic carbocycles. The van der Waals surface area contributed by atoms with Crippen LogP contribution in [0.1, 0.15) is 42.1 Å². The first-order chi connectivity index (χ1) is 16.1.